The maximum atomic E-state index is 13.4. The van der Waals surface area contributed by atoms with E-state index < -0.39 is 11.9 Å². The maximum absolute atomic E-state index is 13.4. The molecule has 0 saturated carbocycles. The number of hydrogen-bond donors (Lipinski definition) is 1. The van der Waals surface area contributed by atoms with E-state index in [1.165, 1.54) is 18.2 Å². The molecule has 2 aromatic carbocycles. The van der Waals surface area contributed by atoms with Crippen LogP contribution in [0.1, 0.15) is 27.8 Å². The van der Waals surface area contributed by atoms with E-state index >= 15 is 0 Å². The molecule has 5 nitrogen and oxygen atoms in total. The summed E-state index contributed by atoms with van der Waals surface area (Å²) in [7, 11) is 3.45. The molecule has 1 heterocycles. The van der Waals surface area contributed by atoms with Gasteiger partial charge in [0.25, 0.3) is 5.91 Å². The topological polar surface area (TPSA) is 56.1 Å². The van der Waals surface area contributed by atoms with Crippen LogP contribution < -0.4 is 10.1 Å². The Kier molecular flexibility index (Phi) is 4.79. The zero-order chi connectivity index (χ0) is 17.8. The number of carbonyl (C=O) groups is 1. The summed E-state index contributed by atoms with van der Waals surface area (Å²) in [6.07, 6.45) is 3.47. The van der Waals surface area contributed by atoms with Crippen LogP contribution >= 0.6 is 0 Å². The number of hydrogen-bond acceptors (Lipinski definition) is 3. The molecule has 0 aliphatic rings. The van der Waals surface area contributed by atoms with Gasteiger partial charge in [-0.2, -0.15) is 0 Å². The summed E-state index contributed by atoms with van der Waals surface area (Å²) in [6.45, 7) is 0. The third-order valence-electron chi connectivity index (χ3n) is 3.93. The minimum atomic E-state index is -0.471. The van der Waals surface area contributed by atoms with Crippen molar-refractivity contribution in [3.8, 4) is 5.75 Å². The first-order valence-electron chi connectivity index (χ1n) is 7.76. The summed E-state index contributed by atoms with van der Waals surface area (Å²) in [5.41, 5.74) is 1.10. The minimum absolute atomic E-state index is 0.257. The van der Waals surface area contributed by atoms with Crippen LogP contribution in [0.5, 0.6) is 5.75 Å². The lowest BCUT2D eigenvalue weighted by Crippen LogP contribution is -2.31. The fraction of sp³-hybridized carbons (Fsp3) is 0.158. The molecule has 25 heavy (non-hydrogen) atoms. The summed E-state index contributed by atoms with van der Waals surface area (Å²) in [5, 5.41) is 2.93. The standard InChI is InChI=1S/C19H18FN3O2/c1-23-11-10-21-18(23)17(13-6-8-16(25-2)9-7-13)22-19(24)14-4-3-5-15(20)12-14/h3-12,17H,1-2H3,(H,22,24). The quantitative estimate of drug-likeness (QED) is 0.777. The zero-order valence-electron chi connectivity index (χ0n) is 13.9. The molecule has 128 valence electrons. The molecule has 0 saturated heterocycles. The molecule has 1 aromatic heterocycles. The smallest absolute Gasteiger partial charge is 0.252 e. The molecule has 0 aliphatic carbocycles. The number of rotatable bonds is 5. The lowest BCUT2D eigenvalue weighted by atomic mass is 10.0. The van der Waals surface area contributed by atoms with Crippen LogP contribution in [0.15, 0.2) is 60.9 Å². The van der Waals surface area contributed by atoms with Gasteiger partial charge in [0.2, 0.25) is 0 Å². The van der Waals surface area contributed by atoms with Crippen molar-refractivity contribution in [3.05, 3.63) is 83.7 Å². The average molecular weight is 339 g/mol. The lowest BCUT2D eigenvalue weighted by Gasteiger charge is -2.19. The Balaban J connectivity index is 1.94. The van der Waals surface area contributed by atoms with E-state index in [0.717, 1.165) is 11.3 Å². The molecule has 6 heteroatoms. The molecule has 0 spiro atoms. The third kappa shape index (κ3) is 3.68. The molecule has 0 radical (unpaired) electrons. The number of nitrogens with zero attached hydrogens (tertiary/aromatic N) is 2. The Morgan fingerprint density at radius 3 is 2.60 bits per heavy atom. The van der Waals surface area contributed by atoms with E-state index in [9.17, 15) is 9.18 Å². The Hall–Kier alpha value is -3.15. The van der Waals surface area contributed by atoms with Gasteiger partial charge in [0.1, 0.15) is 23.4 Å². The molecular weight excluding hydrogens is 321 g/mol. The molecular formula is C19H18FN3O2. The van der Waals surface area contributed by atoms with E-state index in [-0.39, 0.29) is 11.5 Å². The molecule has 1 atom stereocenters. The molecule has 0 fully saturated rings. The predicted molar refractivity (Wildman–Crippen MR) is 91.9 cm³/mol. The number of amides is 1. The Morgan fingerprint density at radius 1 is 1.24 bits per heavy atom. The molecule has 1 amide bonds. The first-order valence-corrected chi connectivity index (χ1v) is 7.76. The summed E-state index contributed by atoms with van der Waals surface area (Å²) < 4.78 is 20.4. The number of aryl methyl sites for hydroxylation is 1. The van der Waals surface area contributed by atoms with Gasteiger partial charge in [-0.3, -0.25) is 4.79 Å². The van der Waals surface area contributed by atoms with Crippen molar-refractivity contribution in [2.75, 3.05) is 7.11 Å². The fourth-order valence-electron chi connectivity index (χ4n) is 2.59. The number of aromatic nitrogens is 2. The predicted octanol–water partition coefficient (Wildman–Crippen LogP) is 3.09. The van der Waals surface area contributed by atoms with Gasteiger partial charge in [0.05, 0.1) is 7.11 Å². The van der Waals surface area contributed by atoms with Crippen molar-refractivity contribution in [1.29, 1.82) is 0 Å². The number of benzene rings is 2. The summed E-state index contributed by atoms with van der Waals surface area (Å²) in [5.74, 6) is 0.572. The van der Waals surface area contributed by atoms with Crippen molar-refractivity contribution >= 4 is 5.91 Å². The first-order chi connectivity index (χ1) is 12.1. The Bertz CT molecular complexity index is 874. The van der Waals surface area contributed by atoms with E-state index in [2.05, 4.69) is 10.3 Å². The van der Waals surface area contributed by atoms with E-state index in [1.54, 1.807) is 25.6 Å². The van der Waals surface area contributed by atoms with Gasteiger partial charge in [-0.05, 0) is 35.9 Å². The van der Waals surface area contributed by atoms with Crippen LogP contribution in [0.3, 0.4) is 0 Å². The van der Waals surface area contributed by atoms with E-state index in [1.807, 2.05) is 35.9 Å². The number of imidazole rings is 1. The highest BCUT2D eigenvalue weighted by molar-refractivity contribution is 5.94. The van der Waals surface area contributed by atoms with Gasteiger partial charge in [0, 0.05) is 25.0 Å². The van der Waals surface area contributed by atoms with E-state index in [0.29, 0.717) is 5.82 Å². The average Bonchev–Trinajstić information content (AvgIpc) is 3.05. The number of halogens is 1. The highest BCUT2D eigenvalue weighted by atomic mass is 19.1. The van der Waals surface area contributed by atoms with Crippen LogP contribution in [0.25, 0.3) is 0 Å². The van der Waals surface area contributed by atoms with Gasteiger partial charge < -0.3 is 14.6 Å². The van der Waals surface area contributed by atoms with Crippen LogP contribution in [0.4, 0.5) is 4.39 Å². The summed E-state index contributed by atoms with van der Waals surface area (Å²) in [4.78, 5) is 16.9. The summed E-state index contributed by atoms with van der Waals surface area (Å²) >= 11 is 0. The monoisotopic (exact) mass is 339 g/mol. The molecule has 1 N–H and O–H groups in total. The molecule has 3 rings (SSSR count). The van der Waals surface area contributed by atoms with Gasteiger partial charge in [0.15, 0.2) is 0 Å². The van der Waals surface area contributed by atoms with Gasteiger partial charge in [-0.25, -0.2) is 9.37 Å². The largest absolute Gasteiger partial charge is 0.497 e. The maximum Gasteiger partial charge on any atom is 0.252 e. The van der Waals surface area contributed by atoms with Crippen molar-refractivity contribution in [3.63, 3.8) is 0 Å². The van der Waals surface area contributed by atoms with Crippen LogP contribution in [0, 0.1) is 5.82 Å². The lowest BCUT2D eigenvalue weighted by molar-refractivity contribution is 0.0940. The molecule has 1 unspecified atom stereocenters. The number of nitrogens with one attached hydrogen (secondary N) is 1. The minimum Gasteiger partial charge on any atom is -0.497 e. The molecule has 3 aromatic rings. The normalized spacial score (nSPS) is 11.8. The van der Waals surface area contributed by atoms with Gasteiger partial charge >= 0.3 is 0 Å². The highest BCUT2D eigenvalue weighted by Crippen LogP contribution is 2.23. The molecule has 0 bridgehead atoms. The van der Waals surface area contributed by atoms with Crippen molar-refractivity contribution in [1.82, 2.24) is 14.9 Å². The second-order valence-corrected chi connectivity index (χ2v) is 5.59. The second-order valence-electron chi connectivity index (χ2n) is 5.59. The summed E-state index contributed by atoms with van der Waals surface area (Å²) in [6, 6.07) is 12.5. The highest BCUT2D eigenvalue weighted by Gasteiger charge is 2.21. The molecule has 0 aliphatic heterocycles. The third-order valence-corrected chi connectivity index (χ3v) is 3.93. The van der Waals surface area contributed by atoms with E-state index in [4.69, 9.17) is 4.74 Å². The van der Waals surface area contributed by atoms with Crippen LogP contribution in [-0.2, 0) is 7.05 Å². The number of carbonyl (C=O) groups excluding carboxylic acids is 1. The zero-order valence-corrected chi connectivity index (χ0v) is 13.9. The Morgan fingerprint density at radius 2 is 2.00 bits per heavy atom. The first kappa shape index (κ1) is 16.7. The van der Waals surface area contributed by atoms with Crippen molar-refractivity contribution in [2.45, 2.75) is 6.04 Å². The SMILES string of the molecule is COc1ccc(C(NC(=O)c2cccc(F)c2)c2nccn2C)cc1. The van der Waals surface area contributed by atoms with Crippen LogP contribution in [0.2, 0.25) is 0 Å². The van der Waals surface area contributed by atoms with Crippen molar-refractivity contribution < 1.29 is 13.9 Å². The number of methoxy groups -OCH3 is 1. The van der Waals surface area contributed by atoms with Crippen molar-refractivity contribution in [2.24, 2.45) is 7.05 Å². The number of ether oxygens (including phenoxy) is 1. The second kappa shape index (κ2) is 7.17. The van der Waals surface area contributed by atoms with Crippen LogP contribution in [-0.4, -0.2) is 22.6 Å². The van der Waals surface area contributed by atoms with Gasteiger partial charge in [-0.15, -0.1) is 0 Å². The van der Waals surface area contributed by atoms with Gasteiger partial charge in [-0.1, -0.05) is 18.2 Å². The fourth-order valence-corrected chi connectivity index (χ4v) is 2.59. The Labute approximate surface area is 145 Å².